The van der Waals surface area contributed by atoms with E-state index >= 15 is 0 Å². The van der Waals surface area contributed by atoms with Crippen LogP contribution < -0.4 is 10.6 Å². The van der Waals surface area contributed by atoms with Crippen LogP contribution in [0, 0.1) is 0 Å². The van der Waals surface area contributed by atoms with Crippen molar-refractivity contribution in [3.63, 3.8) is 0 Å². The van der Waals surface area contributed by atoms with Crippen molar-refractivity contribution < 1.29 is 9.84 Å². The average Bonchev–Trinajstić information content (AvgIpc) is 2.42. The third-order valence-corrected chi connectivity index (χ3v) is 3.40. The summed E-state index contributed by atoms with van der Waals surface area (Å²) < 4.78 is 5.28. The summed E-state index contributed by atoms with van der Waals surface area (Å²) in [6, 6.07) is 0. The highest BCUT2D eigenvalue weighted by atomic mass is 127. The highest BCUT2D eigenvalue weighted by molar-refractivity contribution is 14.0. The SMILES string of the molecule is CCNC(=NCC1(O)CCCCC1)NCCOCC.I. The molecule has 0 aliphatic heterocycles. The molecule has 0 amide bonds. The molecule has 0 spiro atoms. The van der Waals surface area contributed by atoms with Crippen LogP contribution in [0.4, 0.5) is 0 Å². The first-order chi connectivity index (χ1) is 9.20. The molecule has 0 atom stereocenters. The molecule has 1 aliphatic rings. The van der Waals surface area contributed by atoms with Gasteiger partial charge in [0.15, 0.2) is 5.96 Å². The summed E-state index contributed by atoms with van der Waals surface area (Å²) in [6.45, 7) is 7.46. The van der Waals surface area contributed by atoms with E-state index in [1.54, 1.807) is 0 Å². The van der Waals surface area contributed by atoms with Crippen LogP contribution in [0.25, 0.3) is 0 Å². The highest BCUT2D eigenvalue weighted by Gasteiger charge is 2.28. The van der Waals surface area contributed by atoms with Crippen molar-refractivity contribution in [1.29, 1.82) is 0 Å². The van der Waals surface area contributed by atoms with Gasteiger partial charge in [0.2, 0.25) is 0 Å². The lowest BCUT2D eigenvalue weighted by molar-refractivity contribution is 0.0131. The molecule has 0 aromatic rings. The third-order valence-electron chi connectivity index (χ3n) is 3.40. The fourth-order valence-corrected chi connectivity index (χ4v) is 2.32. The van der Waals surface area contributed by atoms with Gasteiger partial charge in [-0.2, -0.15) is 0 Å². The van der Waals surface area contributed by atoms with Gasteiger partial charge in [-0.3, -0.25) is 4.99 Å². The molecule has 1 rings (SSSR count). The number of nitrogens with one attached hydrogen (secondary N) is 2. The van der Waals surface area contributed by atoms with E-state index in [1.165, 1.54) is 6.42 Å². The van der Waals surface area contributed by atoms with E-state index in [-0.39, 0.29) is 24.0 Å². The molecule has 3 N–H and O–H groups in total. The van der Waals surface area contributed by atoms with E-state index in [4.69, 9.17) is 4.74 Å². The van der Waals surface area contributed by atoms with Crippen LogP contribution in [0.3, 0.4) is 0 Å². The maximum Gasteiger partial charge on any atom is 0.191 e. The second-order valence-electron chi connectivity index (χ2n) is 5.10. The van der Waals surface area contributed by atoms with Gasteiger partial charge < -0.3 is 20.5 Å². The quantitative estimate of drug-likeness (QED) is 0.265. The minimum Gasteiger partial charge on any atom is -0.388 e. The summed E-state index contributed by atoms with van der Waals surface area (Å²) in [5.74, 6) is 0.765. The van der Waals surface area contributed by atoms with Gasteiger partial charge in [0, 0.05) is 19.7 Å². The molecule has 6 heteroatoms. The predicted octanol–water partition coefficient (Wildman–Crippen LogP) is 1.89. The molecule has 0 aromatic heterocycles. The zero-order valence-corrected chi connectivity index (χ0v) is 15.1. The number of guanidine groups is 1. The van der Waals surface area contributed by atoms with E-state index in [9.17, 15) is 5.11 Å². The van der Waals surface area contributed by atoms with Crippen LogP contribution in [-0.2, 0) is 4.74 Å². The van der Waals surface area contributed by atoms with Crippen molar-refractivity contribution >= 4 is 29.9 Å². The van der Waals surface area contributed by atoms with Gasteiger partial charge in [0.25, 0.3) is 0 Å². The zero-order valence-electron chi connectivity index (χ0n) is 12.8. The Morgan fingerprint density at radius 3 is 2.50 bits per heavy atom. The number of hydrogen-bond donors (Lipinski definition) is 3. The topological polar surface area (TPSA) is 65.9 Å². The fraction of sp³-hybridized carbons (Fsp3) is 0.929. The predicted molar refractivity (Wildman–Crippen MR) is 93.9 cm³/mol. The minimum absolute atomic E-state index is 0. The normalized spacial score (nSPS) is 18.2. The Balaban J connectivity index is 0.00000361. The highest BCUT2D eigenvalue weighted by Crippen LogP contribution is 2.28. The summed E-state index contributed by atoms with van der Waals surface area (Å²) in [6.07, 6.45) is 5.20. The molecule has 1 fully saturated rings. The van der Waals surface area contributed by atoms with Gasteiger partial charge in [0.05, 0.1) is 18.8 Å². The van der Waals surface area contributed by atoms with Crippen LogP contribution in [0.5, 0.6) is 0 Å². The van der Waals surface area contributed by atoms with Crippen molar-refractivity contribution in [3.8, 4) is 0 Å². The number of aliphatic imine (C=N–C) groups is 1. The molecule has 20 heavy (non-hydrogen) atoms. The van der Waals surface area contributed by atoms with Crippen LogP contribution in [0.2, 0.25) is 0 Å². The molecule has 0 radical (unpaired) electrons. The molecule has 0 heterocycles. The Kier molecular flexibility index (Phi) is 11.5. The van der Waals surface area contributed by atoms with Crippen LogP contribution in [0.15, 0.2) is 4.99 Å². The lowest BCUT2D eigenvalue weighted by Crippen LogP contribution is -2.41. The Bertz CT molecular complexity index is 269. The number of rotatable bonds is 7. The third kappa shape index (κ3) is 8.26. The maximum atomic E-state index is 10.4. The van der Waals surface area contributed by atoms with Gasteiger partial charge in [-0.25, -0.2) is 0 Å². The summed E-state index contributed by atoms with van der Waals surface area (Å²) in [7, 11) is 0. The molecule has 1 aliphatic carbocycles. The maximum absolute atomic E-state index is 10.4. The number of ether oxygens (including phenoxy) is 1. The molecule has 0 saturated heterocycles. The second kappa shape index (κ2) is 11.6. The summed E-state index contributed by atoms with van der Waals surface area (Å²) in [5, 5.41) is 16.8. The van der Waals surface area contributed by atoms with Crippen LogP contribution in [0.1, 0.15) is 46.0 Å². The first-order valence-electron chi connectivity index (χ1n) is 7.52. The van der Waals surface area contributed by atoms with Gasteiger partial charge in [-0.05, 0) is 26.7 Å². The Morgan fingerprint density at radius 2 is 1.90 bits per heavy atom. The lowest BCUT2D eigenvalue weighted by atomic mass is 9.85. The van der Waals surface area contributed by atoms with Crippen molar-refractivity contribution in [2.24, 2.45) is 4.99 Å². The summed E-state index contributed by atoms with van der Waals surface area (Å²) >= 11 is 0. The summed E-state index contributed by atoms with van der Waals surface area (Å²) in [5.41, 5.74) is -0.597. The van der Waals surface area contributed by atoms with E-state index < -0.39 is 5.60 Å². The first kappa shape index (κ1) is 19.9. The summed E-state index contributed by atoms with van der Waals surface area (Å²) in [4.78, 5) is 4.50. The van der Waals surface area contributed by atoms with E-state index in [0.717, 1.165) is 51.3 Å². The van der Waals surface area contributed by atoms with Crippen molar-refractivity contribution in [2.45, 2.75) is 51.6 Å². The molecular formula is C14H30IN3O2. The number of aliphatic hydroxyl groups is 1. The van der Waals surface area contributed by atoms with Crippen molar-refractivity contribution in [2.75, 3.05) is 32.8 Å². The van der Waals surface area contributed by atoms with Gasteiger partial charge in [0.1, 0.15) is 0 Å². The molecule has 1 saturated carbocycles. The van der Waals surface area contributed by atoms with Crippen molar-refractivity contribution in [3.05, 3.63) is 0 Å². The Hall–Kier alpha value is -0.0800. The molecule has 120 valence electrons. The van der Waals surface area contributed by atoms with Crippen molar-refractivity contribution in [1.82, 2.24) is 10.6 Å². The first-order valence-corrected chi connectivity index (χ1v) is 7.52. The zero-order chi connectivity index (χ0) is 14.0. The van der Waals surface area contributed by atoms with E-state index in [1.807, 2.05) is 13.8 Å². The van der Waals surface area contributed by atoms with Gasteiger partial charge >= 0.3 is 0 Å². The molecule has 0 bridgehead atoms. The monoisotopic (exact) mass is 399 g/mol. The molecule has 0 aromatic carbocycles. The van der Waals surface area contributed by atoms with E-state index in [0.29, 0.717) is 13.2 Å². The lowest BCUT2D eigenvalue weighted by Gasteiger charge is -2.30. The molecular weight excluding hydrogens is 369 g/mol. The smallest absolute Gasteiger partial charge is 0.191 e. The number of halogens is 1. The Labute approximate surface area is 140 Å². The second-order valence-corrected chi connectivity index (χ2v) is 5.10. The molecule has 5 nitrogen and oxygen atoms in total. The van der Waals surface area contributed by atoms with Gasteiger partial charge in [-0.1, -0.05) is 19.3 Å². The largest absolute Gasteiger partial charge is 0.388 e. The molecule has 0 unspecified atom stereocenters. The average molecular weight is 399 g/mol. The minimum atomic E-state index is -0.597. The fourth-order valence-electron chi connectivity index (χ4n) is 2.32. The van der Waals surface area contributed by atoms with E-state index in [2.05, 4.69) is 15.6 Å². The van der Waals surface area contributed by atoms with Gasteiger partial charge in [-0.15, -0.1) is 24.0 Å². The standard InChI is InChI=1S/C14H29N3O2.HI/c1-3-15-13(16-10-11-19-4-2)17-12-14(18)8-6-5-7-9-14;/h18H,3-12H2,1-2H3,(H2,15,16,17);1H. The number of nitrogens with zero attached hydrogens (tertiary/aromatic N) is 1. The van der Waals surface area contributed by atoms with Crippen LogP contribution in [-0.4, -0.2) is 49.5 Å². The number of hydrogen-bond acceptors (Lipinski definition) is 3. The Morgan fingerprint density at radius 1 is 1.20 bits per heavy atom. The van der Waals surface area contributed by atoms with Crippen LogP contribution >= 0.6 is 24.0 Å².